The summed E-state index contributed by atoms with van der Waals surface area (Å²) in [5.41, 5.74) is 14.6. The van der Waals surface area contributed by atoms with Gasteiger partial charge in [0.1, 0.15) is 5.75 Å². The predicted octanol–water partition coefficient (Wildman–Crippen LogP) is 3.58. The van der Waals surface area contributed by atoms with E-state index < -0.39 is 0 Å². The fourth-order valence-electron chi connectivity index (χ4n) is 1.97. The number of aryl methyl sites for hydroxylation is 1. The molecule has 0 atom stereocenters. The molecule has 0 heterocycles. The molecule has 0 radical (unpaired) electrons. The number of anilines is 2. The summed E-state index contributed by atoms with van der Waals surface area (Å²) in [4.78, 5) is 1.08. The number of methoxy groups -OCH3 is 1. The van der Waals surface area contributed by atoms with Crippen molar-refractivity contribution < 1.29 is 4.74 Å². The monoisotopic (exact) mass is 288 g/mol. The van der Waals surface area contributed by atoms with Gasteiger partial charge in [0, 0.05) is 16.3 Å². The van der Waals surface area contributed by atoms with Crippen LogP contribution in [0.2, 0.25) is 0 Å². The van der Waals surface area contributed by atoms with Crippen molar-refractivity contribution in [1.82, 2.24) is 0 Å². The molecule has 2 rings (SSSR count). The van der Waals surface area contributed by atoms with E-state index in [4.69, 9.17) is 16.2 Å². The molecule has 2 aromatic rings. The van der Waals surface area contributed by atoms with Crippen molar-refractivity contribution in [2.45, 2.75) is 17.7 Å². The lowest BCUT2D eigenvalue weighted by atomic mass is 10.1. The van der Waals surface area contributed by atoms with Crippen molar-refractivity contribution >= 4 is 23.1 Å². The van der Waals surface area contributed by atoms with E-state index in [9.17, 15) is 0 Å². The summed E-state index contributed by atoms with van der Waals surface area (Å²) in [6.45, 7) is 0. The Bertz CT molecular complexity index is 572. The highest BCUT2D eigenvalue weighted by Crippen LogP contribution is 2.29. The Hall–Kier alpha value is -1.81. The van der Waals surface area contributed by atoms with Gasteiger partial charge in [0.05, 0.1) is 7.11 Å². The lowest BCUT2D eigenvalue weighted by Gasteiger charge is -2.08. The smallest absolute Gasteiger partial charge is 0.120 e. The first-order valence-corrected chi connectivity index (χ1v) is 7.58. The molecular weight excluding hydrogens is 268 g/mol. The summed E-state index contributed by atoms with van der Waals surface area (Å²) < 4.78 is 5.22. The zero-order valence-corrected chi connectivity index (χ0v) is 12.5. The first kappa shape index (κ1) is 14.6. The molecule has 0 unspecified atom stereocenters. The summed E-state index contributed by atoms with van der Waals surface area (Å²) in [6.07, 6.45) is 2.12. The van der Waals surface area contributed by atoms with Crippen LogP contribution in [0.15, 0.2) is 47.4 Å². The van der Waals surface area contributed by atoms with Crippen LogP contribution in [0, 0.1) is 0 Å². The number of hydrogen-bond acceptors (Lipinski definition) is 4. The second-order valence-corrected chi connectivity index (χ2v) is 5.74. The zero-order chi connectivity index (χ0) is 14.4. The molecule has 106 valence electrons. The first-order chi connectivity index (χ1) is 9.69. The van der Waals surface area contributed by atoms with Gasteiger partial charge in [0.2, 0.25) is 0 Å². The first-order valence-electron chi connectivity index (χ1n) is 6.60. The fourth-order valence-corrected chi connectivity index (χ4v) is 2.92. The summed E-state index contributed by atoms with van der Waals surface area (Å²) in [5.74, 6) is 1.86. The maximum absolute atomic E-state index is 5.96. The van der Waals surface area contributed by atoms with Crippen LogP contribution in [-0.4, -0.2) is 12.9 Å². The molecule has 0 aliphatic heterocycles. The van der Waals surface area contributed by atoms with Gasteiger partial charge >= 0.3 is 0 Å². The molecule has 0 fully saturated rings. The van der Waals surface area contributed by atoms with Gasteiger partial charge in [-0.25, -0.2) is 0 Å². The Morgan fingerprint density at radius 3 is 2.70 bits per heavy atom. The van der Waals surface area contributed by atoms with Gasteiger partial charge in [0.15, 0.2) is 0 Å². The standard InChI is InChI=1S/C16H20N2OS/c1-19-14-7-8-15(18)16(11-14)20-9-3-5-12-4-2-6-13(17)10-12/h2,4,6-8,10-11H,3,5,9,17-18H2,1H3. The number of ether oxygens (including phenoxy) is 1. The Kier molecular flexibility index (Phi) is 5.18. The third kappa shape index (κ3) is 4.10. The molecule has 0 aliphatic rings. The Balaban J connectivity index is 1.84. The number of nitrogens with two attached hydrogens (primary N) is 2. The fraction of sp³-hybridized carbons (Fsp3) is 0.250. The van der Waals surface area contributed by atoms with E-state index in [0.717, 1.165) is 40.6 Å². The van der Waals surface area contributed by atoms with E-state index >= 15 is 0 Å². The van der Waals surface area contributed by atoms with Crippen LogP contribution in [-0.2, 0) is 6.42 Å². The summed E-state index contributed by atoms with van der Waals surface area (Å²) in [7, 11) is 1.67. The molecule has 0 saturated heterocycles. The second-order valence-electron chi connectivity index (χ2n) is 4.60. The number of benzene rings is 2. The number of nitrogen functional groups attached to an aromatic ring is 2. The summed E-state index contributed by atoms with van der Waals surface area (Å²) in [6, 6.07) is 13.8. The van der Waals surface area contributed by atoms with Crippen molar-refractivity contribution in [2.75, 3.05) is 24.3 Å². The molecule has 0 aliphatic carbocycles. The van der Waals surface area contributed by atoms with Crippen LogP contribution < -0.4 is 16.2 Å². The molecule has 3 nitrogen and oxygen atoms in total. The van der Waals surface area contributed by atoms with Gasteiger partial charge in [-0.2, -0.15) is 0 Å². The molecule has 4 N–H and O–H groups in total. The minimum Gasteiger partial charge on any atom is -0.497 e. The topological polar surface area (TPSA) is 61.3 Å². The molecule has 0 spiro atoms. The Labute approximate surface area is 124 Å². The summed E-state index contributed by atoms with van der Waals surface area (Å²) >= 11 is 1.76. The van der Waals surface area contributed by atoms with Crippen LogP contribution >= 0.6 is 11.8 Å². The van der Waals surface area contributed by atoms with Gasteiger partial charge < -0.3 is 16.2 Å². The van der Waals surface area contributed by atoms with Crippen molar-refractivity contribution in [2.24, 2.45) is 0 Å². The molecule has 0 aromatic heterocycles. The molecule has 2 aromatic carbocycles. The van der Waals surface area contributed by atoms with Gasteiger partial charge in [-0.1, -0.05) is 12.1 Å². The third-order valence-corrected chi connectivity index (χ3v) is 4.20. The van der Waals surface area contributed by atoms with Crippen molar-refractivity contribution in [3.63, 3.8) is 0 Å². The minimum absolute atomic E-state index is 0.805. The minimum atomic E-state index is 0.805. The van der Waals surface area contributed by atoms with Gasteiger partial charge in [-0.05, 0) is 54.5 Å². The van der Waals surface area contributed by atoms with Gasteiger partial charge in [-0.15, -0.1) is 11.8 Å². The van der Waals surface area contributed by atoms with E-state index in [2.05, 4.69) is 6.07 Å². The Morgan fingerprint density at radius 1 is 1.10 bits per heavy atom. The average Bonchev–Trinajstić information content (AvgIpc) is 2.45. The molecule has 20 heavy (non-hydrogen) atoms. The van der Waals surface area contributed by atoms with E-state index in [1.54, 1.807) is 18.9 Å². The van der Waals surface area contributed by atoms with Gasteiger partial charge in [0.25, 0.3) is 0 Å². The van der Waals surface area contributed by atoms with Gasteiger partial charge in [-0.3, -0.25) is 0 Å². The molecule has 0 amide bonds. The SMILES string of the molecule is COc1ccc(N)c(SCCCc2cccc(N)c2)c1. The van der Waals surface area contributed by atoms with Crippen LogP contribution in [0.5, 0.6) is 5.75 Å². The molecule has 0 bridgehead atoms. The highest BCUT2D eigenvalue weighted by atomic mass is 32.2. The number of rotatable bonds is 6. The highest BCUT2D eigenvalue weighted by Gasteiger charge is 2.02. The maximum Gasteiger partial charge on any atom is 0.120 e. The number of hydrogen-bond donors (Lipinski definition) is 2. The maximum atomic E-state index is 5.96. The molecular formula is C16H20N2OS. The largest absolute Gasteiger partial charge is 0.497 e. The normalized spacial score (nSPS) is 10.4. The Morgan fingerprint density at radius 2 is 1.95 bits per heavy atom. The van der Waals surface area contributed by atoms with E-state index in [1.807, 2.05) is 36.4 Å². The quantitative estimate of drug-likeness (QED) is 0.484. The van der Waals surface area contributed by atoms with Crippen molar-refractivity contribution in [3.8, 4) is 5.75 Å². The average molecular weight is 288 g/mol. The highest BCUT2D eigenvalue weighted by molar-refractivity contribution is 7.99. The lowest BCUT2D eigenvalue weighted by Crippen LogP contribution is -1.93. The predicted molar refractivity (Wildman–Crippen MR) is 87.3 cm³/mol. The molecule has 0 saturated carbocycles. The van der Waals surface area contributed by atoms with E-state index in [-0.39, 0.29) is 0 Å². The zero-order valence-electron chi connectivity index (χ0n) is 11.6. The van der Waals surface area contributed by atoms with Crippen LogP contribution in [0.4, 0.5) is 11.4 Å². The van der Waals surface area contributed by atoms with Crippen LogP contribution in [0.25, 0.3) is 0 Å². The van der Waals surface area contributed by atoms with E-state index in [1.165, 1.54) is 5.56 Å². The van der Waals surface area contributed by atoms with E-state index in [0.29, 0.717) is 0 Å². The second kappa shape index (κ2) is 7.10. The number of thioether (sulfide) groups is 1. The lowest BCUT2D eigenvalue weighted by molar-refractivity contribution is 0.414. The third-order valence-electron chi connectivity index (χ3n) is 3.04. The molecule has 4 heteroatoms. The van der Waals surface area contributed by atoms with Crippen molar-refractivity contribution in [1.29, 1.82) is 0 Å². The van der Waals surface area contributed by atoms with Crippen LogP contribution in [0.1, 0.15) is 12.0 Å². The van der Waals surface area contributed by atoms with Crippen molar-refractivity contribution in [3.05, 3.63) is 48.0 Å². The van der Waals surface area contributed by atoms with Crippen LogP contribution in [0.3, 0.4) is 0 Å². The summed E-state index contributed by atoms with van der Waals surface area (Å²) in [5, 5.41) is 0.